The number of hydrogen-bond acceptors (Lipinski definition) is 2. The first-order valence-electron chi connectivity index (χ1n) is 8.80. The maximum absolute atomic E-state index is 3.79. The van der Waals surface area contributed by atoms with Crippen LogP contribution >= 0.6 is 0 Å². The van der Waals surface area contributed by atoms with Crippen molar-refractivity contribution in [3.05, 3.63) is 0 Å². The fourth-order valence-electron chi connectivity index (χ4n) is 3.40. The van der Waals surface area contributed by atoms with E-state index < -0.39 is 0 Å². The average molecular weight is 283 g/mol. The first kappa shape index (κ1) is 18.0. The second kappa shape index (κ2) is 8.38. The summed E-state index contributed by atoms with van der Waals surface area (Å²) in [6, 6.07) is 0. The van der Waals surface area contributed by atoms with Crippen molar-refractivity contribution < 1.29 is 0 Å². The SMILES string of the molecule is CCCCN(C)CC1(CNC(C)(C)C)CCCCCC1. The third-order valence-corrected chi connectivity index (χ3v) is 4.66. The van der Waals surface area contributed by atoms with Gasteiger partial charge in [-0.3, -0.25) is 0 Å². The third-order valence-electron chi connectivity index (χ3n) is 4.66. The van der Waals surface area contributed by atoms with Crippen LogP contribution in [-0.4, -0.2) is 37.1 Å². The molecule has 0 saturated heterocycles. The molecule has 0 aliphatic heterocycles. The summed E-state index contributed by atoms with van der Waals surface area (Å²) in [6.45, 7) is 12.9. The molecule has 1 rings (SSSR count). The summed E-state index contributed by atoms with van der Waals surface area (Å²) in [5, 5.41) is 3.79. The van der Waals surface area contributed by atoms with Crippen molar-refractivity contribution in [2.45, 2.75) is 84.6 Å². The van der Waals surface area contributed by atoms with Crippen molar-refractivity contribution in [3.63, 3.8) is 0 Å². The third kappa shape index (κ3) is 7.08. The Kier molecular flexibility index (Phi) is 7.53. The van der Waals surface area contributed by atoms with E-state index in [1.807, 2.05) is 0 Å². The molecule has 0 unspecified atom stereocenters. The lowest BCUT2D eigenvalue weighted by Gasteiger charge is -2.39. The fourth-order valence-corrected chi connectivity index (χ4v) is 3.40. The van der Waals surface area contributed by atoms with E-state index in [1.165, 1.54) is 71.0 Å². The number of rotatable bonds is 7. The molecule has 0 aromatic rings. The van der Waals surface area contributed by atoms with Gasteiger partial charge in [-0.05, 0) is 59.0 Å². The van der Waals surface area contributed by atoms with Gasteiger partial charge in [-0.25, -0.2) is 0 Å². The van der Waals surface area contributed by atoms with Crippen LogP contribution in [0.2, 0.25) is 0 Å². The van der Waals surface area contributed by atoms with Crippen LogP contribution in [0.25, 0.3) is 0 Å². The van der Waals surface area contributed by atoms with Crippen molar-refractivity contribution in [2.24, 2.45) is 5.41 Å². The van der Waals surface area contributed by atoms with Crippen molar-refractivity contribution in [3.8, 4) is 0 Å². The Balaban J connectivity index is 2.62. The van der Waals surface area contributed by atoms with Gasteiger partial charge in [0, 0.05) is 18.6 Å². The summed E-state index contributed by atoms with van der Waals surface area (Å²) < 4.78 is 0. The van der Waals surface area contributed by atoms with Crippen LogP contribution in [0.5, 0.6) is 0 Å². The molecule has 1 aliphatic rings. The summed E-state index contributed by atoms with van der Waals surface area (Å²) in [6.07, 6.45) is 11.2. The Morgan fingerprint density at radius 1 is 1.05 bits per heavy atom. The minimum Gasteiger partial charge on any atom is -0.311 e. The molecule has 0 aromatic carbocycles. The van der Waals surface area contributed by atoms with E-state index in [0.717, 1.165) is 0 Å². The second-order valence-corrected chi connectivity index (χ2v) is 8.11. The lowest BCUT2D eigenvalue weighted by Crippen LogP contribution is -2.48. The maximum Gasteiger partial charge on any atom is 0.00967 e. The average Bonchev–Trinajstić information content (AvgIpc) is 2.59. The van der Waals surface area contributed by atoms with Crippen LogP contribution < -0.4 is 5.32 Å². The highest BCUT2D eigenvalue weighted by atomic mass is 15.1. The number of hydrogen-bond donors (Lipinski definition) is 1. The number of nitrogens with zero attached hydrogens (tertiary/aromatic N) is 1. The smallest absolute Gasteiger partial charge is 0.00967 e. The van der Waals surface area contributed by atoms with Gasteiger partial charge in [0.05, 0.1) is 0 Å². The van der Waals surface area contributed by atoms with Gasteiger partial charge in [-0.15, -0.1) is 0 Å². The Hall–Kier alpha value is -0.0800. The molecule has 1 aliphatic carbocycles. The van der Waals surface area contributed by atoms with Crippen molar-refractivity contribution in [2.75, 3.05) is 26.7 Å². The predicted octanol–water partition coefficient (Wildman–Crippen LogP) is 4.45. The Morgan fingerprint density at radius 3 is 2.15 bits per heavy atom. The Bertz CT molecular complexity index is 247. The van der Waals surface area contributed by atoms with Gasteiger partial charge >= 0.3 is 0 Å². The van der Waals surface area contributed by atoms with Gasteiger partial charge in [-0.1, -0.05) is 39.0 Å². The van der Waals surface area contributed by atoms with E-state index in [4.69, 9.17) is 0 Å². The summed E-state index contributed by atoms with van der Waals surface area (Å²) >= 11 is 0. The van der Waals surface area contributed by atoms with E-state index in [2.05, 4.69) is 45.0 Å². The lowest BCUT2D eigenvalue weighted by atomic mass is 9.79. The van der Waals surface area contributed by atoms with E-state index in [0.29, 0.717) is 5.41 Å². The van der Waals surface area contributed by atoms with Crippen molar-refractivity contribution >= 4 is 0 Å². The largest absolute Gasteiger partial charge is 0.311 e. The molecular formula is C18H38N2. The maximum atomic E-state index is 3.79. The molecule has 0 aromatic heterocycles. The predicted molar refractivity (Wildman–Crippen MR) is 90.3 cm³/mol. The minimum atomic E-state index is 0.237. The molecule has 120 valence electrons. The van der Waals surface area contributed by atoms with Gasteiger partial charge in [0.1, 0.15) is 0 Å². The van der Waals surface area contributed by atoms with Crippen LogP contribution in [0, 0.1) is 5.41 Å². The molecule has 2 heteroatoms. The van der Waals surface area contributed by atoms with E-state index >= 15 is 0 Å². The molecule has 1 saturated carbocycles. The molecule has 2 nitrogen and oxygen atoms in total. The lowest BCUT2D eigenvalue weighted by molar-refractivity contribution is 0.135. The van der Waals surface area contributed by atoms with Crippen LogP contribution in [-0.2, 0) is 0 Å². The van der Waals surface area contributed by atoms with Crippen molar-refractivity contribution in [1.29, 1.82) is 0 Å². The van der Waals surface area contributed by atoms with E-state index in [-0.39, 0.29) is 5.54 Å². The number of unbranched alkanes of at least 4 members (excludes halogenated alkanes) is 1. The molecule has 20 heavy (non-hydrogen) atoms. The van der Waals surface area contributed by atoms with E-state index in [1.54, 1.807) is 0 Å². The normalized spacial score (nSPS) is 20.1. The monoisotopic (exact) mass is 282 g/mol. The van der Waals surface area contributed by atoms with Crippen LogP contribution in [0.3, 0.4) is 0 Å². The van der Waals surface area contributed by atoms with Crippen LogP contribution in [0.4, 0.5) is 0 Å². The second-order valence-electron chi connectivity index (χ2n) is 8.11. The fraction of sp³-hybridized carbons (Fsp3) is 1.00. The highest BCUT2D eigenvalue weighted by Gasteiger charge is 2.32. The molecule has 0 radical (unpaired) electrons. The topological polar surface area (TPSA) is 15.3 Å². The molecule has 1 fully saturated rings. The van der Waals surface area contributed by atoms with Gasteiger partial charge < -0.3 is 10.2 Å². The van der Waals surface area contributed by atoms with Crippen LogP contribution in [0.15, 0.2) is 0 Å². The highest BCUT2D eigenvalue weighted by Crippen LogP contribution is 2.35. The molecule has 0 amide bonds. The summed E-state index contributed by atoms with van der Waals surface area (Å²) in [5.41, 5.74) is 0.744. The van der Waals surface area contributed by atoms with Gasteiger partial charge in [0.15, 0.2) is 0 Å². The molecule has 0 bridgehead atoms. The summed E-state index contributed by atoms with van der Waals surface area (Å²) in [5.74, 6) is 0. The number of nitrogens with one attached hydrogen (secondary N) is 1. The summed E-state index contributed by atoms with van der Waals surface area (Å²) in [7, 11) is 2.32. The van der Waals surface area contributed by atoms with Crippen LogP contribution in [0.1, 0.15) is 79.1 Å². The molecular weight excluding hydrogens is 244 g/mol. The zero-order valence-electron chi connectivity index (χ0n) is 14.7. The van der Waals surface area contributed by atoms with Gasteiger partial charge in [-0.2, -0.15) is 0 Å². The quantitative estimate of drug-likeness (QED) is 0.694. The first-order chi connectivity index (χ1) is 9.37. The van der Waals surface area contributed by atoms with Crippen molar-refractivity contribution in [1.82, 2.24) is 10.2 Å². The molecule has 0 heterocycles. The highest BCUT2D eigenvalue weighted by molar-refractivity contribution is 4.88. The first-order valence-corrected chi connectivity index (χ1v) is 8.80. The minimum absolute atomic E-state index is 0.237. The molecule has 0 atom stereocenters. The molecule has 0 spiro atoms. The zero-order chi connectivity index (χ0) is 15.1. The van der Waals surface area contributed by atoms with Gasteiger partial charge in [0.25, 0.3) is 0 Å². The summed E-state index contributed by atoms with van der Waals surface area (Å²) in [4.78, 5) is 2.58. The molecule has 1 N–H and O–H groups in total. The standard InChI is InChI=1S/C18H38N2/c1-6-7-14-20(5)16-18(15-19-17(2,3)4)12-10-8-9-11-13-18/h19H,6-16H2,1-5H3. The van der Waals surface area contributed by atoms with Gasteiger partial charge in [0.2, 0.25) is 0 Å². The Labute approximate surface area is 127 Å². The zero-order valence-corrected chi connectivity index (χ0v) is 14.7. The van der Waals surface area contributed by atoms with E-state index in [9.17, 15) is 0 Å². The Morgan fingerprint density at radius 2 is 1.65 bits per heavy atom.